The van der Waals surface area contributed by atoms with E-state index in [0.717, 1.165) is 0 Å². The average molecular weight is 367 g/mol. The van der Waals surface area contributed by atoms with Gasteiger partial charge in [-0.05, 0) is 58.7 Å². The zero-order chi connectivity index (χ0) is 17.6. The van der Waals surface area contributed by atoms with E-state index in [1.807, 2.05) is 13.8 Å². The summed E-state index contributed by atoms with van der Waals surface area (Å²) >= 11 is 0. The molecule has 0 atom stereocenters. The van der Waals surface area contributed by atoms with Crippen molar-refractivity contribution in [3.8, 4) is 0 Å². The van der Waals surface area contributed by atoms with Crippen molar-refractivity contribution in [2.75, 3.05) is 38.0 Å². The van der Waals surface area contributed by atoms with Gasteiger partial charge in [-0.25, -0.2) is 0 Å². The van der Waals surface area contributed by atoms with Gasteiger partial charge in [0, 0.05) is 0 Å². The first-order valence-corrected chi connectivity index (χ1v) is 13.5. The zero-order valence-corrected chi connectivity index (χ0v) is 17.8. The number of nitrogens with zero attached hydrogens (tertiary/aromatic N) is 1. The van der Waals surface area contributed by atoms with Crippen LogP contribution in [0.3, 0.4) is 0 Å². The minimum absolute atomic E-state index is 0.250. The maximum absolute atomic E-state index is 12.8. The summed E-state index contributed by atoms with van der Waals surface area (Å²) in [5.74, 6) is 0. The molecule has 6 heteroatoms. The molecule has 0 bridgehead atoms. The molecule has 23 heavy (non-hydrogen) atoms. The van der Waals surface area contributed by atoms with Crippen molar-refractivity contribution in [2.45, 2.75) is 73.1 Å². The molecule has 0 aliphatic carbocycles. The van der Waals surface area contributed by atoms with E-state index in [4.69, 9.17) is 13.8 Å². The van der Waals surface area contributed by atoms with Gasteiger partial charge in [-0.2, -0.15) is 0 Å². The second-order valence-corrected chi connectivity index (χ2v) is 11.9. The van der Waals surface area contributed by atoms with Crippen LogP contribution in [0.4, 0.5) is 0 Å². The highest BCUT2D eigenvalue weighted by molar-refractivity contribution is 7.66. The lowest BCUT2D eigenvalue weighted by molar-refractivity contribution is 0.221. The Bertz CT molecular complexity index is 348. The molecule has 0 aromatic carbocycles. The van der Waals surface area contributed by atoms with Crippen molar-refractivity contribution in [3.63, 3.8) is 0 Å². The van der Waals surface area contributed by atoms with Gasteiger partial charge in [-0.1, -0.05) is 40.0 Å². The Kier molecular flexibility index (Phi) is 13.9. The summed E-state index contributed by atoms with van der Waals surface area (Å²) in [5.41, 5.74) is 0. The van der Waals surface area contributed by atoms with E-state index < -0.39 is 14.7 Å². The van der Waals surface area contributed by atoms with Crippen LogP contribution >= 0.6 is 14.7 Å². The van der Waals surface area contributed by atoms with Gasteiger partial charge in [0.05, 0.1) is 13.2 Å². The largest absolute Gasteiger partial charge is 0.351 e. The van der Waals surface area contributed by atoms with E-state index in [-0.39, 0.29) is 6.29 Å². The maximum Gasteiger partial charge on any atom is 0.351 e. The summed E-state index contributed by atoms with van der Waals surface area (Å²) in [6.45, 7) is 11.3. The molecule has 0 amide bonds. The SMILES string of the molecule is CCCCP(CCCC)(CCCC)=NCP(=O)(OCC)OCC. The normalized spacial score (nSPS) is 12.6. The van der Waals surface area contributed by atoms with Gasteiger partial charge < -0.3 is 9.05 Å². The fourth-order valence-electron chi connectivity index (χ4n) is 2.63. The van der Waals surface area contributed by atoms with Crippen LogP contribution < -0.4 is 0 Å². The zero-order valence-electron chi connectivity index (χ0n) is 16.1. The van der Waals surface area contributed by atoms with Crippen molar-refractivity contribution in [1.82, 2.24) is 0 Å². The number of unbranched alkanes of at least 4 members (excludes halogenated alkanes) is 3. The monoisotopic (exact) mass is 367 g/mol. The van der Waals surface area contributed by atoms with Gasteiger partial charge >= 0.3 is 7.60 Å². The van der Waals surface area contributed by atoms with Gasteiger partial charge in [0.1, 0.15) is 6.29 Å². The Morgan fingerprint density at radius 1 is 0.739 bits per heavy atom. The minimum Gasteiger partial charge on any atom is -0.308 e. The predicted molar refractivity (Wildman–Crippen MR) is 104 cm³/mol. The van der Waals surface area contributed by atoms with Gasteiger partial charge in [-0.15, -0.1) is 0 Å². The Morgan fingerprint density at radius 3 is 1.43 bits per heavy atom. The first-order chi connectivity index (χ1) is 11.0. The highest BCUT2D eigenvalue weighted by Crippen LogP contribution is 2.56. The molecule has 0 aromatic rings. The van der Waals surface area contributed by atoms with Crippen LogP contribution in [0.2, 0.25) is 0 Å². The maximum atomic E-state index is 12.8. The van der Waals surface area contributed by atoms with Crippen LogP contribution in [-0.2, 0) is 13.6 Å². The number of hydrogen-bond donors (Lipinski definition) is 0. The molecule has 0 rings (SSSR count). The van der Waals surface area contributed by atoms with Gasteiger partial charge in [0.2, 0.25) is 0 Å². The topological polar surface area (TPSA) is 47.9 Å². The molecule has 140 valence electrons. The average Bonchev–Trinajstić information content (AvgIpc) is 2.54. The van der Waals surface area contributed by atoms with E-state index in [1.165, 1.54) is 57.0 Å². The first-order valence-electron chi connectivity index (χ1n) is 9.44. The lowest BCUT2D eigenvalue weighted by atomic mass is 10.4. The van der Waals surface area contributed by atoms with Crippen LogP contribution in [0.25, 0.3) is 0 Å². The molecule has 4 nitrogen and oxygen atoms in total. The predicted octanol–water partition coefficient (Wildman–Crippen LogP) is 6.81. The Morgan fingerprint density at radius 2 is 1.13 bits per heavy atom. The molecule has 0 spiro atoms. The fraction of sp³-hybridized carbons (Fsp3) is 1.00. The molecule has 0 heterocycles. The summed E-state index contributed by atoms with van der Waals surface area (Å²) in [5, 5.41) is 0. The Hall–Kier alpha value is 0.380. The quantitative estimate of drug-likeness (QED) is 0.299. The molecule has 0 aliphatic rings. The minimum atomic E-state index is -3.05. The third kappa shape index (κ3) is 10.1. The standard InChI is InChI=1S/C17H39NO3P2/c1-6-11-14-22(15-12-7-2,16-13-8-3)18-17-23(19,20-9-4)21-10-5/h6-17H2,1-5H3. The summed E-state index contributed by atoms with van der Waals surface area (Å²) in [7, 11) is -4.45. The second kappa shape index (κ2) is 13.6. The van der Waals surface area contributed by atoms with Crippen molar-refractivity contribution >= 4 is 14.7 Å². The van der Waals surface area contributed by atoms with Crippen molar-refractivity contribution in [1.29, 1.82) is 0 Å². The Balaban J connectivity index is 5.33. The molecule has 0 radical (unpaired) electrons. The lowest BCUT2D eigenvalue weighted by Crippen LogP contribution is -2.04. The van der Waals surface area contributed by atoms with Crippen LogP contribution in [0.1, 0.15) is 73.1 Å². The molecule has 0 aromatic heterocycles. The highest BCUT2D eigenvalue weighted by atomic mass is 31.2. The van der Waals surface area contributed by atoms with Crippen molar-refractivity contribution in [2.24, 2.45) is 4.74 Å². The summed E-state index contributed by atoms with van der Waals surface area (Å²) < 4.78 is 28.7. The van der Waals surface area contributed by atoms with Gasteiger partial charge in [-0.3, -0.25) is 9.31 Å². The number of hydrogen-bond acceptors (Lipinski definition) is 4. The van der Waals surface area contributed by atoms with Crippen LogP contribution in [0.5, 0.6) is 0 Å². The second-order valence-electron chi connectivity index (χ2n) is 6.06. The summed E-state index contributed by atoms with van der Waals surface area (Å²) in [6, 6.07) is 0. The molecular formula is C17H39NO3P2. The number of rotatable bonds is 15. The van der Waals surface area contributed by atoms with Crippen LogP contribution in [0, 0.1) is 0 Å². The van der Waals surface area contributed by atoms with Gasteiger partial charge in [0.25, 0.3) is 0 Å². The lowest BCUT2D eigenvalue weighted by Gasteiger charge is -2.26. The van der Waals surface area contributed by atoms with Gasteiger partial charge in [0.15, 0.2) is 0 Å². The van der Waals surface area contributed by atoms with E-state index in [0.29, 0.717) is 13.2 Å². The van der Waals surface area contributed by atoms with Crippen molar-refractivity contribution in [3.05, 3.63) is 0 Å². The highest BCUT2D eigenvalue weighted by Gasteiger charge is 2.26. The summed E-state index contributed by atoms with van der Waals surface area (Å²) in [4.78, 5) is 0. The molecule has 0 N–H and O–H groups in total. The smallest absolute Gasteiger partial charge is 0.308 e. The molecule has 0 fully saturated rings. The summed E-state index contributed by atoms with van der Waals surface area (Å²) in [6.07, 6.45) is 11.1. The van der Waals surface area contributed by atoms with E-state index in [1.54, 1.807) is 0 Å². The van der Waals surface area contributed by atoms with E-state index in [9.17, 15) is 4.57 Å². The first kappa shape index (κ1) is 23.4. The molecule has 0 saturated carbocycles. The fourth-order valence-corrected chi connectivity index (χ4v) is 9.16. The molecular weight excluding hydrogens is 328 g/mol. The van der Waals surface area contributed by atoms with E-state index in [2.05, 4.69) is 20.8 Å². The molecule has 0 saturated heterocycles. The third-order valence-corrected chi connectivity index (χ3v) is 10.2. The third-order valence-electron chi connectivity index (χ3n) is 3.97. The molecule has 0 aliphatic heterocycles. The van der Waals surface area contributed by atoms with Crippen LogP contribution in [-0.4, -0.2) is 38.0 Å². The Labute approximate surface area is 144 Å². The van der Waals surface area contributed by atoms with Crippen molar-refractivity contribution < 1.29 is 13.6 Å². The molecule has 0 unspecified atom stereocenters. The van der Waals surface area contributed by atoms with E-state index >= 15 is 0 Å². The van der Waals surface area contributed by atoms with Crippen LogP contribution in [0.15, 0.2) is 4.74 Å².